The fourth-order valence-corrected chi connectivity index (χ4v) is 3.52. The van der Waals surface area contributed by atoms with E-state index < -0.39 is 12.8 Å². The minimum absolute atomic E-state index is 0.0214. The molecule has 9 heteroatoms. The standard InChI is InChI=1S/C20H23F2N5O2/c21-17(22)7-10-29-19-23-11-16-18(25-19)27(20(28)24-16)13-15-5-3-14(4-6-15)12-26-8-1-2-9-26/h3-6,11,17H,1-2,7-10,12-13H2,(H,24,28). The van der Waals surface area contributed by atoms with Gasteiger partial charge in [0.25, 0.3) is 0 Å². The van der Waals surface area contributed by atoms with Crippen LogP contribution in [0.1, 0.15) is 30.4 Å². The van der Waals surface area contributed by atoms with Crippen molar-refractivity contribution >= 4 is 11.2 Å². The summed E-state index contributed by atoms with van der Waals surface area (Å²) < 4.78 is 31.2. The van der Waals surface area contributed by atoms with Crippen molar-refractivity contribution in [2.24, 2.45) is 0 Å². The third-order valence-electron chi connectivity index (χ3n) is 5.02. The lowest BCUT2D eigenvalue weighted by molar-refractivity contribution is 0.111. The summed E-state index contributed by atoms with van der Waals surface area (Å²) in [5, 5.41) is 0. The molecular formula is C20H23F2N5O2. The van der Waals surface area contributed by atoms with Crippen molar-refractivity contribution in [1.29, 1.82) is 0 Å². The number of rotatable bonds is 8. The molecule has 0 aliphatic carbocycles. The fourth-order valence-electron chi connectivity index (χ4n) is 3.52. The van der Waals surface area contributed by atoms with E-state index in [1.165, 1.54) is 29.2 Å². The highest BCUT2D eigenvalue weighted by Gasteiger charge is 2.13. The Morgan fingerprint density at radius 2 is 1.79 bits per heavy atom. The van der Waals surface area contributed by atoms with Crippen LogP contribution in [0.4, 0.5) is 8.78 Å². The summed E-state index contributed by atoms with van der Waals surface area (Å²) in [6.45, 7) is 3.40. The Kier molecular flexibility index (Phi) is 5.84. The van der Waals surface area contributed by atoms with Crippen LogP contribution in [-0.2, 0) is 13.1 Å². The number of likely N-dealkylation sites (tertiary alicyclic amines) is 1. The Balaban J connectivity index is 1.49. The number of aromatic amines is 1. The number of hydrogen-bond donors (Lipinski definition) is 1. The van der Waals surface area contributed by atoms with E-state index in [1.54, 1.807) is 0 Å². The van der Waals surface area contributed by atoms with E-state index in [9.17, 15) is 13.6 Å². The zero-order chi connectivity index (χ0) is 20.2. The van der Waals surface area contributed by atoms with Gasteiger partial charge in [-0.15, -0.1) is 0 Å². The normalized spacial score (nSPS) is 14.9. The molecule has 1 aliphatic heterocycles. The Bertz CT molecular complexity index is 1010. The molecule has 0 unspecified atom stereocenters. The van der Waals surface area contributed by atoms with Crippen LogP contribution in [0.5, 0.6) is 6.01 Å². The number of hydrogen-bond acceptors (Lipinski definition) is 5. The molecule has 2 aromatic heterocycles. The predicted octanol–water partition coefficient (Wildman–Crippen LogP) is 2.80. The van der Waals surface area contributed by atoms with Crippen molar-refractivity contribution in [3.05, 3.63) is 52.1 Å². The first-order chi connectivity index (χ1) is 14.1. The van der Waals surface area contributed by atoms with Crippen molar-refractivity contribution < 1.29 is 13.5 Å². The van der Waals surface area contributed by atoms with Crippen LogP contribution in [0.3, 0.4) is 0 Å². The van der Waals surface area contributed by atoms with Gasteiger partial charge in [-0.05, 0) is 37.1 Å². The van der Waals surface area contributed by atoms with Crippen LogP contribution >= 0.6 is 0 Å². The van der Waals surface area contributed by atoms with Crippen molar-refractivity contribution in [3.8, 4) is 6.01 Å². The summed E-state index contributed by atoms with van der Waals surface area (Å²) in [5.74, 6) is 0. The minimum atomic E-state index is -2.45. The molecule has 0 saturated carbocycles. The average Bonchev–Trinajstić information content (AvgIpc) is 3.31. The Morgan fingerprint density at radius 3 is 2.48 bits per heavy atom. The number of nitrogens with zero attached hydrogens (tertiary/aromatic N) is 4. The van der Waals surface area contributed by atoms with Gasteiger partial charge in [-0.2, -0.15) is 4.98 Å². The molecule has 1 aliphatic rings. The predicted molar refractivity (Wildman–Crippen MR) is 104 cm³/mol. The van der Waals surface area contributed by atoms with Crippen LogP contribution in [0.15, 0.2) is 35.3 Å². The zero-order valence-electron chi connectivity index (χ0n) is 16.0. The van der Waals surface area contributed by atoms with E-state index >= 15 is 0 Å². The van der Waals surface area contributed by atoms with Crippen LogP contribution in [0, 0.1) is 0 Å². The number of ether oxygens (including phenoxy) is 1. The number of alkyl halides is 2. The molecule has 154 valence electrons. The van der Waals surface area contributed by atoms with Gasteiger partial charge in [0.05, 0.1) is 19.3 Å². The molecule has 0 bridgehead atoms. The number of H-pyrrole nitrogens is 1. The zero-order valence-corrected chi connectivity index (χ0v) is 16.0. The van der Waals surface area contributed by atoms with Gasteiger partial charge in [0.15, 0.2) is 5.65 Å². The number of aromatic nitrogens is 4. The maximum Gasteiger partial charge on any atom is 0.328 e. The summed E-state index contributed by atoms with van der Waals surface area (Å²) in [6, 6.07) is 8.17. The van der Waals surface area contributed by atoms with Crippen molar-refractivity contribution in [2.75, 3.05) is 19.7 Å². The summed E-state index contributed by atoms with van der Waals surface area (Å²) in [4.78, 5) is 25.7. The molecular weight excluding hydrogens is 380 g/mol. The van der Waals surface area contributed by atoms with E-state index in [0.29, 0.717) is 17.7 Å². The number of benzene rings is 1. The largest absolute Gasteiger partial charge is 0.463 e. The van der Waals surface area contributed by atoms with Crippen LogP contribution in [0.2, 0.25) is 0 Å². The molecule has 0 amide bonds. The van der Waals surface area contributed by atoms with Crippen molar-refractivity contribution in [1.82, 2.24) is 24.4 Å². The summed E-state index contributed by atoms with van der Waals surface area (Å²) >= 11 is 0. The first-order valence-electron chi connectivity index (χ1n) is 9.75. The lowest BCUT2D eigenvalue weighted by Gasteiger charge is -2.14. The molecule has 1 N–H and O–H groups in total. The molecule has 4 rings (SSSR count). The van der Waals surface area contributed by atoms with E-state index in [-0.39, 0.29) is 18.3 Å². The molecule has 1 aromatic carbocycles. The second-order valence-electron chi connectivity index (χ2n) is 7.23. The third-order valence-corrected chi connectivity index (χ3v) is 5.02. The number of fused-ring (bicyclic) bond motifs is 1. The number of nitrogens with one attached hydrogen (secondary N) is 1. The SMILES string of the molecule is O=c1[nH]c2cnc(OCCC(F)F)nc2n1Cc1ccc(CN2CCCC2)cc1. The summed E-state index contributed by atoms with van der Waals surface area (Å²) in [5.41, 5.74) is 2.77. The lowest BCUT2D eigenvalue weighted by Crippen LogP contribution is -2.19. The van der Waals surface area contributed by atoms with Crippen LogP contribution < -0.4 is 10.4 Å². The van der Waals surface area contributed by atoms with Gasteiger partial charge in [0.2, 0.25) is 6.43 Å². The molecule has 1 fully saturated rings. The first-order valence-corrected chi connectivity index (χ1v) is 9.75. The Hall–Kier alpha value is -2.81. The fraction of sp³-hybridized carbons (Fsp3) is 0.450. The molecule has 1 saturated heterocycles. The minimum Gasteiger partial charge on any atom is -0.463 e. The Labute approximate surface area is 166 Å². The summed E-state index contributed by atoms with van der Waals surface area (Å²) in [6.07, 6.45) is 1.11. The highest BCUT2D eigenvalue weighted by Crippen LogP contribution is 2.16. The Morgan fingerprint density at radius 1 is 1.10 bits per heavy atom. The molecule has 3 heterocycles. The third kappa shape index (κ3) is 4.79. The second kappa shape index (κ2) is 8.69. The van der Waals surface area contributed by atoms with Gasteiger partial charge in [0, 0.05) is 13.0 Å². The topological polar surface area (TPSA) is 76.0 Å². The van der Waals surface area contributed by atoms with E-state index in [0.717, 1.165) is 25.2 Å². The van der Waals surface area contributed by atoms with E-state index in [1.807, 2.05) is 12.1 Å². The number of halogens is 2. The van der Waals surface area contributed by atoms with Crippen LogP contribution in [0.25, 0.3) is 11.2 Å². The molecule has 29 heavy (non-hydrogen) atoms. The van der Waals surface area contributed by atoms with Gasteiger partial charge >= 0.3 is 11.7 Å². The van der Waals surface area contributed by atoms with Crippen molar-refractivity contribution in [2.45, 2.75) is 38.8 Å². The van der Waals surface area contributed by atoms with E-state index in [4.69, 9.17) is 4.74 Å². The van der Waals surface area contributed by atoms with Crippen LogP contribution in [-0.4, -0.2) is 50.5 Å². The van der Waals surface area contributed by atoms with Crippen molar-refractivity contribution in [3.63, 3.8) is 0 Å². The second-order valence-corrected chi connectivity index (χ2v) is 7.23. The average molecular weight is 403 g/mol. The molecule has 0 atom stereocenters. The molecule has 7 nitrogen and oxygen atoms in total. The quantitative estimate of drug-likeness (QED) is 0.626. The lowest BCUT2D eigenvalue weighted by atomic mass is 10.1. The smallest absolute Gasteiger partial charge is 0.328 e. The van der Waals surface area contributed by atoms with Gasteiger partial charge in [-0.1, -0.05) is 24.3 Å². The molecule has 0 radical (unpaired) electrons. The van der Waals surface area contributed by atoms with Gasteiger partial charge in [-0.3, -0.25) is 9.47 Å². The molecule has 3 aromatic rings. The monoisotopic (exact) mass is 403 g/mol. The van der Waals surface area contributed by atoms with Gasteiger partial charge < -0.3 is 9.72 Å². The highest BCUT2D eigenvalue weighted by molar-refractivity contribution is 5.69. The first kappa shape index (κ1) is 19.5. The van der Waals surface area contributed by atoms with Gasteiger partial charge in [0.1, 0.15) is 5.52 Å². The molecule has 0 spiro atoms. The number of imidazole rings is 1. The maximum atomic E-state index is 12.3. The van der Waals surface area contributed by atoms with E-state index in [2.05, 4.69) is 32.0 Å². The highest BCUT2D eigenvalue weighted by atomic mass is 19.3. The summed E-state index contributed by atoms with van der Waals surface area (Å²) in [7, 11) is 0. The maximum absolute atomic E-state index is 12.3. The van der Waals surface area contributed by atoms with Gasteiger partial charge in [-0.25, -0.2) is 18.6 Å².